The molecule has 1 aromatic heterocycles. The molecule has 1 amide bonds. The second-order valence-corrected chi connectivity index (χ2v) is 6.96. The van der Waals surface area contributed by atoms with Gasteiger partial charge in [-0.15, -0.1) is 11.3 Å². The molecule has 0 aliphatic carbocycles. The van der Waals surface area contributed by atoms with Crippen molar-refractivity contribution in [3.63, 3.8) is 0 Å². The van der Waals surface area contributed by atoms with E-state index >= 15 is 0 Å². The van der Waals surface area contributed by atoms with Crippen LogP contribution in [0.15, 0.2) is 35.5 Å². The molecule has 0 aliphatic heterocycles. The third-order valence-corrected chi connectivity index (χ3v) is 4.28. The predicted octanol–water partition coefficient (Wildman–Crippen LogP) is 2.00. The standard InChI is InChI=1S/C18H24FN5OS/c1-3-20-18(24-12-17-23-11-13(2)26-17)22-8-7-21-16(25)10-14-5-4-6-15(19)9-14/h4-6,9,11H,3,7-8,10,12H2,1-2H3,(H,21,25)(H2,20,22,24). The first kappa shape index (κ1) is 19.8. The second kappa shape index (κ2) is 10.5. The number of amides is 1. The Hall–Kier alpha value is -2.48. The van der Waals surface area contributed by atoms with Gasteiger partial charge in [-0.25, -0.2) is 14.4 Å². The summed E-state index contributed by atoms with van der Waals surface area (Å²) in [5, 5.41) is 10.1. The lowest BCUT2D eigenvalue weighted by Crippen LogP contribution is -2.41. The van der Waals surface area contributed by atoms with Gasteiger partial charge < -0.3 is 16.0 Å². The van der Waals surface area contributed by atoms with Gasteiger partial charge in [-0.1, -0.05) is 12.1 Å². The van der Waals surface area contributed by atoms with Crippen LogP contribution in [0.25, 0.3) is 0 Å². The van der Waals surface area contributed by atoms with E-state index in [-0.39, 0.29) is 18.1 Å². The van der Waals surface area contributed by atoms with Crippen molar-refractivity contribution in [3.8, 4) is 0 Å². The Balaban J connectivity index is 1.72. The van der Waals surface area contributed by atoms with Gasteiger partial charge in [0.1, 0.15) is 10.8 Å². The number of thiazole rings is 1. The molecule has 0 aliphatic rings. The molecule has 0 fully saturated rings. The average molecular weight is 377 g/mol. The molecule has 0 radical (unpaired) electrons. The van der Waals surface area contributed by atoms with Crippen molar-refractivity contribution in [1.82, 2.24) is 20.9 Å². The number of hydrogen-bond acceptors (Lipinski definition) is 4. The maximum absolute atomic E-state index is 13.1. The van der Waals surface area contributed by atoms with E-state index in [4.69, 9.17) is 0 Å². The molecule has 0 atom stereocenters. The highest BCUT2D eigenvalue weighted by Gasteiger charge is 2.04. The molecule has 6 nitrogen and oxygen atoms in total. The smallest absolute Gasteiger partial charge is 0.224 e. The van der Waals surface area contributed by atoms with E-state index in [0.29, 0.717) is 31.2 Å². The fraction of sp³-hybridized carbons (Fsp3) is 0.389. The molecule has 2 aromatic rings. The lowest BCUT2D eigenvalue weighted by atomic mass is 10.1. The largest absolute Gasteiger partial charge is 0.357 e. The van der Waals surface area contributed by atoms with Gasteiger partial charge in [-0.05, 0) is 31.5 Å². The molecule has 26 heavy (non-hydrogen) atoms. The molecule has 0 spiro atoms. The van der Waals surface area contributed by atoms with E-state index in [1.54, 1.807) is 23.5 Å². The van der Waals surface area contributed by atoms with Gasteiger partial charge in [0.25, 0.3) is 0 Å². The van der Waals surface area contributed by atoms with Crippen LogP contribution < -0.4 is 16.0 Å². The highest BCUT2D eigenvalue weighted by Crippen LogP contribution is 2.11. The van der Waals surface area contributed by atoms with Gasteiger partial charge in [0, 0.05) is 30.7 Å². The minimum atomic E-state index is -0.334. The SMILES string of the molecule is CCNC(=NCc1ncc(C)s1)NCCNC(=O)Cc1cccc(F)c1. The fourth-order valence-corrected chi connectivity index (χ4v) is 2.95. The topological polar surface area (TPSA) is 78.4 Å². The molecule has 3 N–H and O–H groups in total. The Morgan fingerprint density at radius 3 is 2.77 bits per heavy atom. The van der Waals surface area contributed by atoms with E-state index in [1.165, 1.54) is 12.1 Å². The van der Waals surface area contributed by atoms with Crippen LogP contribution >= 0.6 is 11.3 Å². The van der Waals surface area contributed by atoms with Gasteiger partial charge in [0.05, 0.1) is 13.0 Å². The average Bonchev–Trinajstić information content (AvgIpc) is 3.02. The summed E-state index contributed by atoms with van der Waals surface area (Å²) in [5.41, 5.74) is 0.657. The Bertz CT molecular complexity index is 747. The van der Waals surface area contributed by atoms with Gasteiger partial charge in [0.15, 0.2) is 5.96 Å². The first-order chi connectivity index (χ1) is 12.6. The van der Waals surface area contributed by atoms with Crippen molar-refractivity contribution in [2.24, 2.45) is 4.99 Å². The second-order valence-electron chi connectivity index (χ2n) is 5.64. The number of carbonyl (C=O) groups excluding carboxylic acids is 1. The summed E-state index contributed by atoms with van der Waals surface area (Å²) in [7, 11) is 0. The van der Waals surface area contributed by atoms with E-state index in [9.17, 15) is 9.18 Å². The lowest BCUT2D eigenvalue weighted by molar-refractivity contribution is -0.120. The molecular formula is C18H24FN5OS. The van der Waals surface area contributed by atoms with Crippen LogP contribution in [0.5, 0.6) is 0 Å². The molecular weight excluding hydrogens is 353 g/mol. The summed E-state index contributed by atoms with van der Waals surface area (Å²) >= 11 is 1.62. The molecule has 8 heteroatoms. The van der Waals surface area contributed by atoms with E-state index < -0.39 is 0 Å². The van der Waals surface area contributed by atoms with E-state index in [1.807, 2.05) is 20.0 Å². The number of halogens is 1. The summed E-state index contributed by atoms with van der Waals surface area (Å²) in [5.74, 6) is 0.205. The Kier molecular flexibility index (Phi) is 8.01. The predicted molar refractivity (Wildman–Crippen MR) is 103 cm³/mol. The number of nitrogens with zero attached hydrogens (tertiary/aromatic N) is 2. The van der Waals surface area contributed by atoms with Gasteiger partial charge in [-0.3, -0.25) is 4.79 Å². The number of benzene rings is 1. The van der Waals surface area contributed by atoms with Crippen LogP contribution in [-0.4, -0.2) is 36.5 Å². The Morgan fingerprint density at radius 1 is 1.27 bits per heavy atom. The summed E-state index contributed by atoms with van der Waals surface area (Å²) in [6.45, 7) is 6.26. The van der Waals surface area contributed by atoms with Crippen LogP contribution in [0.2, 0.25) is 0 Å². The Morgan fingerprint density at radius 2 is 2.08 bits per heavy atom. The highest BCUT2D eigenvalue weighted by molar-refractivity contribution is 7.11. The Labute approximate surface area is 157 Å². The molecule has 0 saturated carbocycles. The lowest BCUT2D eigenvalue weighted by Gasteiger charge is -2.11. The first-order valence-corrected chi connectivity index (χ1v) is 9.33. The number of aromatic nitrogens is 1. The fourth-order valence-electron chi connectivity index (χ4n) is 2.24. The quantitative estimate of drug-likeness (QED) is 0.374. The van der Waals surface area contributed by atoms with E-state index in [0.717, 1.165) is 16.4 Å². The van der Waals surface area contributed by atoms with Crippen molar-refractivity contribution < 1.29 is 9.18 Å². The number of aryl methyl sites for hydroxylation is 1. The molecule has 140 valence electrons. The number of nitrogens with one attached hydrogen (secondary N) is 3. The molecule has 0 saturated heterocycles. The number of carbonyl (C=O) groups is 1. The van der Waals surface area contributed by atoms with Crippen LogP contribution in [-0.2, 0) is 17.8 Å². The van der Waals surface area contributed by atoms with Crippen molar-refractivity contribution in [1.29, 1.82) is 0 Å². The van der Waals surface area contributed by atoms with Crippen molar-refractivity contribution >= 4 is 23.2 Å². The van der Waals surface area contributed by atoms with Crippen molar-refractivity contribution in [3.05, 3.63) is 51.7 Å². The number of hydrogen-bond donors (Lipinski definition) is 3. The summed E-state index contributed by atoms with van der Waals surface area (Å²) < 4.78 is 13.1. The monoisotopic (exact) mass is 377 g/mol. The minimum Gasteiger partial charge on any atom is -0.357 e. The van der Waals surface area contributed by atoms with Crippen LogP contribution in [0.1, 0.15) is 22.4 Å². The maximum Gasteiger partial charge on any atom is 0.224 e. The van der Waals surface area contributed by atoms with Crippen LogP contribution in [0, 0.1) is 12.7 Å². The molecule has 1 aromatic carbocycles. The molecule has 0 bridgehead atoms. The number of guanidine groups is 1. The van der Waals surface area contributed by atoms with E-state index in [2.05, 4.69) is 25.9 Å². The van der Waals surface area contributed by atoms with Crippen LogP contribution in [0.3, 0.4) is 0 Å². The first-order valence-electron chi connectivity index (χ1n) is 8.51. The van der Waals surface area contributed by atoms with Crippen molar-refractivity contribution in [2.45, 2.75) is 26.8 Å². The molecule has 0 unspecified atom stereocenters. The number of rotatable bonds is 8. The van der Waals surface area contributed by atoms with Crippen LogP contribution in [0.4, 0.5) is 4.39 Å². The summed E-state index contributed by atoms with van der Waals surface area (Å²) in [6.07, 6.45) is 2.00. The third-order valence-electron chi connectivity index (χ3n) is 3.38. The maximum atomic E-state index is 13.1. The summed E-state index contributed by atoms with van der Waals surface area (Å²) in [6, 6.07) is 6.06. The van der Waals surface area contributed by atoms with Gasteiger partial charge in [0.2, 0.25) is 5.91 Å². The zero-order valence-electron chi connectivity index (χ0n) is 15.0. The summed E-state index contributed by atoms with van der Waals surface area (Å²) in [4.78, 5) is 21.8. The minimum absolute atomic E-state index is 0.141. The molecule has 2 rings (SSSR count). The normalized spacial score (nSPS) is 11.3. The zero-order valence-corrected chi connectivity index (χ0v) is 15.8. The highest BCUT2D eigenvalue weighted by atomic mass is 32.1. The van der Waals surface area contributed by atoms with Gasteiger partial charge in [-0.2, -0.15) is 0 Å². The van der Waals surface area contributed by atoms with Crippen molar-refractivity contribution in [2.75, 3.05) is 19.6 Å². The number of aliphatic imine (C=N–C) groups is 1. The molecule has 1 heterocycles. The van der Waals surface area contributed by atoms with Gasteiger partial charge >= 0.3 is 0 Å². The third kappa shape index (κ3) is 7.18. The zero-order chi connectivity index (χ0) is 18.8.